The molecule has 0 N–H and O–H groups in total. The highest BCUT2D eigenvalue weighted by Crippen LogP contribution is 2.67. The van der Waals surface area contributed by atoms with Crippen LogP contribution in [0.15, 0.2) is 364 Å². The van der Waals surface area contributed by atoms with Crippen molar-refractivity contribution in [1.82, 2.24) is 19.9 Å². The van der Waals surface area contributed by atoms with Gasteiger partial charge < -0.3 is 0 Å². The van der Waals surface area contributed by atoms with Crippen molar-refractivity contribution in [3.63, 3.8) is 0 Å². The van der Waals surface area contributed by atoms with E-state index in [-0.39, 0.29) is 11.8 Å². The van der Waals surface area contributed by atoms with E-state index < -0.39 is 10.8 Å². The standard InChI is InChI=1S/C102H62N4/c1-3-23-65(24-4-1)99-103-91(63-49-45-61(46-50-63)69-35-21-37-81-75-31-13-19-43-89(75)101(97(69)81)85-39-15-9-27-71(85)72-28-10-16-40-86(72)101)59-93(105-99)67-53-55-79-83(57-67)95-77-33-7-8-34-78(77)96(79)84-58-68(54-56-80(84)95)94-60-92(104-100(106-94)66-25-5-2-6-26-66)64-51-47-62(48-52-64)70-36-22-38-82-76-32-14-20-44-90(76)102(98(70)82)87-41-17-11-29-73(87)74-30-12-18-42-88(74)102/h1-60,95-96H. The second kappa shape index (κ2) is 22.5. The molecule has 2 unspecified atom stereocenters. The number of nitrogens with zero attached hydrogens (tertiary/aromatic N) is 4. The molecule has 17 aromatic rings. The van der Waals surface area contributed by atoms with Gasteiger partial charge in [0.15, 0.2) is 11.6 Å². The van der Waals surface area contributed by atoms with Gasteiger partial charge in [0.1, 0.15) is 0 Å². The smallest absolute Gasteiger partial charge is 0.160 e. The molecule has 4 nitrogen and oxygen atoms in total. The van der Waals surface area contributed by atoms with Crippen LogP contribution in [0.5, 0.6) is 0 Å². The lowest BCUT2D eigenvalue weighted by molar-refractivity contribution is 0.755. The minimum absolute atomic E-state index is 0.00704. The fourth-order valence-corrected chi connectivity index (χ4v) is 19.9. The zero-order chi connectivity index (χ0) is 69.3. The molecular formula is C102H62N4. The van der Waals surface area contributed by atoms with E-state index in [0.29, 0.717) is 11.6 Å². The Morgan fingerprint density at radius 3 is 0.774 bits per heavy atom. The molecule has 2 aromatic heterocycles. The van der Waals surface area contributed by atoms with E-state index in [1.807, 2.05) is 0 Å². The first-order valence-electron chi connectivity index (χ1n) is 36.9. The van der Waals surface area contributed by atoms with E-state index in [4.69, 9.17) is 19.9 Å². The second-order valence-electron chi connectivity index (χ2n) is 29.2. The van der Waals surface area contributed by atoms with E-state index >= 15 is 0 Å². The van der Waals surface area contributed by atoms with Gasteiger partial charge in [-0.15, -0.1) is 0 Å². The van der Waals surface area contributed by atoms with E-state index in [0.717, 1.165) is 56.2 Å². The van der Waals surface area contributed by atoms with Crippen molar-refractivity contribution in [2.45, 2.75) is 22.7 Å². The minimum atomic E-state index is -0.461. The molecule has 7 aliphatic carbocycles. The number of hydrogen-bond donors (Lipinski definition) is 0. The fourth-order valence-electron chi connectivity index (χ4n) is 19.9. The second-order valence-corrected chi connectivity index (χ2v) is 29.2. The molecule has 2 heterocycles. The predicted molar refractivity (Wildman–Crippen MR) is 428 cm³/mol. The van der Waals surface area contributed by atoms with E-state index in [1.165, 1.54) is 145 Å². The molecule has 0 fully saturated rings. The zero-order valence-corrected chi connectivity index (χ0v) is 57.6. The monoisotopic (exact) mass is 1340 g/mol. The summed E-state index contributed by atoms with van der Waals surface area (Å²) in [6.45, 7) is 0. The van der Waals surface area contributed by atoms with Crippen molar-refractivity contribution in [2.75, 3.05) is 0 Å². The molecule has 0 radical (unpaired) electrons. The van der Waals surface area contributed by atoms with Crippen LogP contribution in [0.25, 0.3) is 135 Å². The average molecular weight is 1340 g/mol. The van der Waals surface area contributed by atoms with Gasteiger partial charge in [0.05, 0.1) is 33.6 Å². The lowest BCUT2D eigenvalue weighted by atomic mass is 9.60. The molecule has 7 aliphatic rings. The highest BCUT2D eigenvalue weighted by atomic mass is 14.9. The van der Waals surface area contributed by atoms with Gasteiger partial charge in [0.25, 0.3) is 0 Å². The number of aromatic nitrogens is 4. The lowest BCUT2D eigenvalue weighted by Crippen LogP contribution is -2.27. The summed E-state index contributed by atoms with van der Waals surface area (Å²) >= 11 is 0. The van der Waals surface area contributed by atoms with Crippen LogP contribution in [-0.2, 0) is 10.8 Å². The van der Waals surface area contributed by atoms with E-state index in [9.17, 15) is 0 Å². The van der Waals surface area contributed by atoms with Crippen LogP contribution in [0.4, 0.5) is 0 Å². The summed E-state index contributed by atoms with van der Waals surface area (Å²) in [5.74, 6) is 1.40. The summed E-state index contributed by atoms with van der Waals surface area (Å²) in [5.41, 5.74) is 42.5. The van der Waals surface area contributed by atoms with Crippen molar-refractivity contribution < 1.29 is 0 Å². The lowest BCUT2D eigenvalue weighted by Gasteiger charge is -2.42. The third-order valence-electron chi connectivity index (χ3n) is 24.2. The summed E-state index contributed by atoms with van der Waals surface area (Å²) in [5, 5.41) is 0. The molecule has 2 spiro atoms. The molecule has 4 heteroatoms. The van der Waals surface area contributed by atoms with Crippen LogP contribution in [-0.4, -0.2) is 19.9 Å². The van der Waals surface area contributed by atoms with Crippen LogP contribution in [0, 0.1) is 0 Å². The molecule has 106 heavy (non-hydrogen) atoms. The number of fused-ring (bicyclic) bond motifs is 20. The first-order chi connectivity index (χ1) is 52.6. The van der Waals surface area contributed by atoms with Crippen LogP contribution in [0.2, 0.25) is 0 Å². The number of rotatable bonds is 8. The third kappa shape index (κ3) is 8.18. The van der Waals surface area contributed by atoms with E-state index in [2.05, 4.69) is 364 Å². The summed E-state index contributed by atoms with van der Waals surface area (Å²) in [7, 11) is 0. The maximum atomic E-state index is 5.45. The normalized spacial score (nSPS) is 15.1. The maximum absolute atomic E-state index is 5.45. The van der Waals surface area contributed by atoms with Crippen molar-refractivity contribution in [3.05, 3.63) is 442 Å². The Bertz CT molecular complexity index is 6060. The SMILES string of the molecule is c1ccc(-c2nc(-c3ccc(-c4cccc5c4C4(c6ccccc6-c6ccccc64)c4ccccc4-5)cc3)cc(-c3ccc4c(c3)C3c5ccccc5C4c4cc(-c5cc(-c6ccc(-c7cccc8c7C7(c9ccccc9-c9ccccc97)c7ccccc7-8)cc6)nc(-c6ccccc6)n5)ccc43)n2)cc1. The first kappa shape index (κ1) is 59.0. The largest absolute Gasteiger partial charge is 0.228 e. The van der Waals surface area contributed by atoms with Gasteiger partial charge in [-0.25, -0.2) is 19.9 Å². The van der Waals surface area contributed by atoms with Gasteiger partial charge in [-0.1, -0.05) is 340 Å². The van der Waals surface area contributed by atoms with Crippen molar-refractivity contribution in [2.24, 2.45) is 0 Å². The molecule has 0 amide bonds. The Hall–Kier alpha value is -13.5. The maximum Gasteiger partial charge on any atom is 0.160 e. The third-order valence-corrected chi connectivity index (χ3v) is 24.2. The Morgan fingerprint density at radius 2 is 0.425 bits per heavy atom. The summed E-state index contributed by atoms with van der Waals surface area (Å²) in [6, 6.07) is 135. The summed E-state index contributed by atoms with van der Waals surface area (Å²) in [6.07, 6.45) is 0. The highest BCUT2D eigenvalue weighted by Gasteiger charge is 2.54. The summed E-state index contributed by atoms with van der Waals surface area (Å²) in [4.78, 5) is 21.7. The van der Waals surface area contributed by atoms with Gasteiger partial charge in [-0.05, 0) is 169 Å². The molecule has 0 aliphatic heterocycles. The minimum Gasteiger partial charge on any atom is -0.228 e. The molecule has 15 aromatic carbocycles. The van der Waals surface area contributed by atoms with Gasteiger partial charge in [0.2, 0.25) is 0 Å². The number of benzene rings is 15. The van der Waals surface area contributed by atoms with Crippen molar-refractivity contribution >= 4 is 0 Å². The molecule has 0 saturated heterocycles. The Labute approximate surface area is 615 Å². The molecule has 0 saturated carbocycles. The van der Waals surface area contributed by atoms with Gasteiger partial charge in [0, 0.05) is 45.2 Å². The number of hydrogen-bond acceptors (Lipinski definition) is 4. The quantitative estimate of drug-likeness (QED) is 0.152. The van der Waals surface area contributed by atoms with Crippen LogP contribution in [0.3, 0.4) is 0 Å². The van der Waals surface area contributed by atoms with E-state index in [1.54, 1.807) is 0 Å². The van der Waals surface area contributed by atoms with Crippen LogP contribution in [0.1, 0.15) is 89.7 Å². The van der Waals surface area contributed by atoms with Crippen molar-refractivity contribution in [3.8, 4) is 135 Å². The van der Waals surface area contributed by atoms with Gasteiger partial charge >= 0.3 is 0 Å². The molecule has 24 rings (SSSR count). The highest BCUT2D eigenvalue weighted by molar-refractivity contribution is 6.01. The van der Waals surface area contributed by atoms with Crippen molar-refractivity contribution in [1.29, 1.82) is 0 Å². The van der Waals surface area contributed by atoms with Gasteiger partial charge in [-0.2, -0.15) is 0 Å². The Morgan fingerprint density at radius 1 is 0.170 bits per heavy atom. The average Bonchev–Trinajstić information content (AvgIpc) is 1.48. The summed E-state index contributed by atoms with van der Waals surface area (Å²) < 4.78 is 0. The molecule has 2 atom stereocenters. The Balaban J connectivity index is 0.606. The Kier molecular flexibility index (Phi) is 12.5. The fraction of sp³-hybridized carbons (Fsp3) is 0.0392. The molecule has 2 bridgehead atoms. The topological polar surface area (TPSA) is 51.6 Å². The zero-order valence-electron chi connectivity index (χ0n) is 57.6. The van der Waals surface area contributed by atoms with Crippen LogP contribution >= 0.6 is 0 Å². The van der Waals surface area contributed by atoms with Gasteiger partial charge in [-0.3, -0.25) is 0 Å². The van der Waals surface area contributed by atoms with Crippen LogP contribution < -0.4 is 0 Å². The molecular weight excluding hydrogens is 1280 g/mol. The first-order valence-corrected chi connectivity index (χ1v) is 36.9. The predicted octanol–water partition coefficient (Wildman–Crippen LogP) is 24.3. The molecule has 490 valence electrons.